The first-order valence-corrected chi connectivity index (χ1v) is 9.86. The first-order chi connectivity index (χ1) is 15.9. The number of imide groups is 1. The van der Waals surface area contributed by atoms with E-state index in [0.717, 1.165) is 4.90 Å². The van der Waals surface area contributed by atoms with Gasteiger partial charge in [-0.2, -0.15) is 0 Å². The van der Waals surface area contributed by atoms with Crippen LogP contribution in [0.4, 0.5) is 11.7 Å². The molecule has 0 radical (unpaired) electrons. The van der Waals surface area contributed by atoms with Crippen LogP contribution in [0.15, 0.2) is 40.8 Å². The molecule has 1 saturated heterocycles. The lowest BCUT2D eigenvalue weighted by atomic mass is 10.2. The quantitative estimate of drug-likeness (QED) is 0.537. The van der Waals surface area contributed by atoms with E-state index in [9.17, 15) is 14.4 Å². The molecule has 3 amide bonds. The summed E-state index contributed by atoms with van der Waals surface area (Å²) < 4.78 is 21.5. The largest absolute Gasteiger partial charge is 0.493 e. The number of methoxy groups -OCH3 is 3. The fraction of sp³-hybridized carbons (Fsp3) is 0.227. The van der Waals surface area contributed by atoms with Gasteiger partial charge in [0, 0.05) is 24.0 Å². The summed E-state index contributed by atoms with van der Waals surface area (Å²) in [5, 5.41) is 10.3. The third-order valence-electron chi connectivity index (χ3n) is 5.00. The lowest BCUT2D eigenvalue weighted by molar-refractivity contribution is -0.121. The number of hydrogen-bond acceptors (Lipinski definition) is 9. The average Bonchev–Trinajstić information content (AvgIpc) is 3.43. The topological polar surface area (TPSA) is 133 Å². The van der Waals surface area contributed by atoms with Gasteiger partial charge in [0.15, 0.2) is 11.5 Å². The Kier molecular flexibility index (Phi) is 5.94. The molecular weight excluding hydrogens is 432 g/mol. The van der Waals surface area contributed by atoms with Crippen molar-refractivity contribution in [2.75, 3.05) is 31.5 Å². The van der Waals surface area contributed by atoms with E-state index in [0.29, 0.717) is 28.5 Å². The first-order valence-electron chi connectivity index (χ1n) is 9.86. The molecule has 2 aromatic carbocycles. The number of benzene rings is 2. The number of anilines is 2. The van der Waals surface area contributed by atoms with Crippen molar-refractivity contribution >= 4 is 29.4 Å². The second-order valence-corrected chi connectivity index (χ2v) is 6.95. The van der Waals surface area contributed by atoms with Crippen LogP contribution in [0, 0.1) is 0 Å². The number of nitrogens with zero attached hydrogens (tertiary/aromatic N) is 3. The molecule has 1 aromatic heterocycles. The minimum atomic E-state index is -0.499. The third kappa shape index (κ3) is 4.20. The Morgan fingerprint density at radius 1 is 0.939 bits per heavy atom. The number of ether oxygens (including phenoxy) is 3. The van der Waals surface area contributed by atoms with E-state index >= 15 is 0 Å². The van der Waals surface area contributed by atoms with E-state index in [2.05, 4.69) is 15.5 Å². The van der Waals surface area contributed by atoms with Gasteiger partial charge in [-0.15, -0.1) is 5.10 Å². The summed E-state index contributed by atoms with van der Waals surface area (Å²) in [6.07, 6.45) is 0.374. The molecule has 11 heteroatoms. The van der Waals surface area contributed by atoms with Gasteiger partial charge in [-0.25, -0.2) is 0 Å². The highest BCUT2D eigenvalue weighted by molar-refractivity contribution is 6.20. The van der Waals surface area contributed by atoms with Crippen LogP contribution in [0.2, 0.25) is 0 Å². The summed E-state index contributed by atoms with van der Waals surface area (Å²) in [7, 11) is 4.47. The SMILES string of the molecule is COc1cc(-c2nnc(NC(=O)c3ccc(N4C(=O)CCC4=O)cc3)o2)cc(OC)c1OC. The van der Waals surface area contributed by atoms with Crippen LogP contribution in [-0.4, -0.2) is 49.2 Å². The molecule has 0 atom stereocenters. The van der Waals surface area contributed by atoms with Gasteiger partial charge < -0.3 is 18.6 Å². The maximum atomic E-state index is 12.6. The summed E-state index contributed by atoms with van der Waals surface area (Å²) in [5.74, 6) is 0.338. The molecule has 0 saturated carbocycles. The second-order valence-electron chi connectivity index (χ2n) is 6.95. The average molecular weight is 452 g/mol. The molecule has 1 N–H and O–H groups in total. The Labute approximate surface area is 188 Å². The molecule has 33 heavy (non-hydrogen) atoms. The predicted octanol–water partition coefficient (Wildman–Crippen LogP) is 2.67. The zero-order valence-corrected chi connectivity index (χ0v) is 18.1. The van der Waals surface area contributed by atoms with Crippen LogP contribution < -0.4 is 24.4 Å². The fourth-order valence-corrected chi connectivity index (χ4v) is 3.39. The number of hydrogen-bond donors (Lipinski definition) is 1. The molecule has 170 valence electrons. The molecule has 3 aromatic rings. The van der Waals surface area contributed by atoms with E-state index in [-0.39, 0.29) is 42.1 Å². The van der Waals surface area contributed by atoms with Crippen LogP contribution in [-0.2, 0) is 9.59 Å². The van der Waals surface area contributed by atoms with Gasteiger partial charge in [-0.1, -0.05) is 5.10 Å². The Morgan fingerprint density at radius 2 is 1.55 bits per heavy atom. The Morgan fingerprint density at radius 3 is 2.09 bits per heavy atom. The number of rotatable bonds is 7. The predicted molar refractivity (Wildman–Crippen MR) is 116 cm³/mol. The maximum Gasteiger partial charge on any atom is 0.322 e. The van der Waals surface area contributed by atoms with E-state index in [4.69, 9.17) is 18.6 Å². The summed E-state index contributed by atoms with van der Waals surface area (Å²) in [6, 6.07) is 9.23. The van der Waals surface area contributed by atoms with Crippen molar-refractivity contribution in [2.45, 2.75) is 12.8 Å². The van der Waals surface area contributed by atoms with Gasteiger partial charge in [-0.05, 0) is 36.4 Å². The Balaban J connectivity index is 1.50. The highest BCUT2D eigenvalue weighted by atomic mass is 16.5. The maximum absolute atomic E-state index is 12.6. The highest BCUT2D eigenvalue weighted by Gasteiger charge is 2.30. The van der Waals surface area contributed by atoms with Gasteiger partial charge in [0.2, 0.25) is 23.5 Å². The molecule has 2 heterocycles. The normalized spacial score (nSPS) is 13.2. The number of nitrogens with one attached hydrogen (secondary N) is 1. The van der Waals surface area contributed by atoms with Crippen molar-refractivity contribution in [1.82, 2.24) is 10.2 Å². The van der Waals surface area contributed by atoms with Crippen molar-refractivity contribution in [3.8, 4) is 28.7 Å². The molecule has 0 bridgehead atoms. The van der Waals surface area contributed by atoms with Crippen LogP contribution in [0.5, 0.6) is 17.2 Å². The first kappa shape index (κ1) is 21.8. The molecule has 0 spiro atoms. The molecule has 1 aliphatic heterocycles. The Hall–Kier alpha value is -4.41. The van der Waals surface area contributed by atoms with Crippen LogP contribution in [0.3, 0.4) is 0 Å². The van der Waals surface area contributed by atoms with Gasteiger partial charge in [0.05, 0.1) is 27.0 Å². The number of carbonyl (C=O) groups is 3. The van der Waals surface area contributed by atoms with Crippen molar-refractivity contribution in [1.29, 1.82) is 0 Å². The second kappa shape index (κ2) is 8.99. The minimum absolute atomic E-state index is 0.113. The number of amides is 3. The van der Waals surface area contributed by atoms with Crippen LogP contribution in [0.1, 0.15) is 23.2 Å². The van der Waals surface area contributed by atoms with Gasteiger partial charge in [-0.3, -0.25) is 24.6 Å². The smallest absolute Gasteiger partial charge is 0.322 e. The number of aromatic nitrogens is 2. The Bertz CT molecular complexity index is 1180. The zero-order chi connectivity index (χ0) is 23.5. The van der Waals surface area contributed by atoms with Crippen molar-refractivity contribution < 1.29 is 33.0 Å². The van der Waals surface area contributed by atoms with E-state index in [1.165, 1.54) is 45.6 Å². The van der Waals surface area contributed by atoms with Gasteiger partial charge in [0.1, 0.15) is 0 Å². The molecule has 1 aliphatic rings. The minimum Gasteiger partial charge on any atom is -0.493 e. The van der Waals surface area contributed by atoms with Gasteiger partial charge >= 0.3 is 6.01 Å². The third-order valence-corrected chi connectivity index (χ3v) is 5.00. The summed E-state index contributed by atoms with van der Waals surface area (Å²) in [4.78, 5) is 37.4. The van der Waals surface area contributed by atoms with Crippen molar-refractivity contribution in [3.63, 3.8) is 0 Å². The fourth-order valence-electron chi connectivity index (χ4n) is 3.39. The molecule has 0 unspecified atom stereocenters. The van der Waals surface area contributed by atoms with E-state index in [1.54, 1.807) is 12.1 Å². The van der Waals surface area contributed by atoms with Crippen molar-refractivity contribution in [2.24, 2.45) is 0 Å². The van der Waals surface area contributed by atoms with Gasteiger partial charge in [0.25, 0.3) is 5.91 Å². The molecule has 1 fully saturated rings. The van der Waals surface area contributed by atoms with Crippen LogP contribution in [0.25, 0.3) is 11.5 Å². The lowest BCUT2D eigenvalue weighted by Crippen LogP contribution is -2.28. The highest BCUT2D eigenvalue weighted by Crippen LogP contribution is 2.41. The monoisotopic (exact) mass is 452 g/mol. The zero-order valence-electron chi connectivity index (χ0n) is 18.1. The summed E-state index contributed by atoms with van der Waals surface area (Å²) in [5.41, 5.74) is 1.20. The number of carbonyl (C=O) groups excluding carboxylic acids is 3. The van der Waals surface area contributed by atoms with Crippen LogP contribution >= 0.6 is 0 Å². The summed E-state index contributed by atoms with van der Waals surface area (Å²) >= 11 is 0. The molecule has 4 rings (SSSR count). The standard InChI is InChI=1S/C22H20N4O7/c1-30-15-10-13(11-16(31-2)19(15)32-3)21-24-25-22(33-21)23-20(29)12-4-6-14(7-5-12)26-17(27)8-9-18(26)28/h4-7,10-11H,8-9H2,1-3H3,(H,23,25,29). The lowest BCUT2D eigenvalue weighted by Gasteiger charge is -2.13. The molecule has 0 aliphatic carbocycles. The van der Waals surface area contributed by atoms with E-state index < -0.39 is 5.91 Å². The molecule has 11 nitrogen and oxygen atoms in total. The summed E-state index contributed by atoms with van der Waals surface area (Å²) in [6.45, 7) is 0. The van der Waals surface area contributed by atoms with Crippen molar-refractivity contribution in [3.05, 3.63) is 42.0 Å². The van der Waals surface area contributed by atoms with E-state index in [1.807, 2.05) is 0 Å². The molecular formula is C22H20N4O7.